The zero-order valence-electron chi connectivity index (χ0n) is 13.0. The zero-order chi connectivity index (χ0) is 17.2. The molecule has 2 aromatic heterocycles. The first kappa shape index (κ1) is 15.9. The number of halogens is 1. The van der Waals surface area contributed by atoms with Crippen LogP contribution in [0.2, 0.25) is 0 Å². The highest BCUT2D eigenvalue weighted by Gasteiger charge is 2.19. The van der Waals surface area contributed by atoms with E-state index >= 15 is 0 Å². The van der Waals surface area contributed by atoms with E-state index in [0.29, 0.717) is 5.56 Å². The third-order valence-corrected chi connectivity index (χ3v) is 5.63. The fraction of sp³-hybridized carbons (Fsp3) is 0.0526. The number of nitrogens with one attached hydrogen (secondary N) is 1. The lowest BCUT2D eigenvalue weighted by Gasteiger charge is -2.18. The monoisotopic (exact) mass is 368 g/mol. The van der Waals surface area contributed by atoms with Crippen molar-refractivity contribution in [2.24, 2.45) is 0 Å². The summed E-state index contributed by atoms with van der Waals surface area (Å²) in [6, 6.07) is 15.3. The summed E-state index contributed by atoms with van der Waals surface area (Å²) in [6.45, 7) is 0. The maximum atomic E-state index is 13.2. The Hall–Kier alpha value is -2.57. The summed E-state index contributed by atoms with van der Waals surface area (Å²) in [4.78, 5) is 18.0. The number of nitrogens with zero attached hydrogens (tertiary/aromatic N) is 1. The molecule has 1 atom stereocenters. The van der Waals surface area contributed by atoms with Gasteiger partial charge in [-0.2, -0.15) is 0 Å². The van der Waals surface area contributed by atoms with Crippen LogP contribution in [0.25, 0.3) is 10.2 Å². The van der Waals surface area contributed by atoms with E-state index in [1.807, 2.05) is 29.6 Å². The van der Waals surface area contributed by atoms with Crippen molar-refractivity contribution in [2.75, 3.05) is 0 Å². The predicted octanol–water partition coefficient (Wildman–Crippen LogP) is 5.02. The van der Waals surface area contributed by atoms with Gasteiger partial charge in [0, 0.05) is 10.4 Å². The third kappa shape index (κ3) is 3.31. The molecule has 124 valence electrons. The van der Waals surface area contributed by atoms with Gasteiger partial charge in [0.15, 0.2) is 0 Å². The van der Waals surface area contributed by atoms with Gasteiger partial charge in [0.1, 0.15) is 5.82 Å². The molecule has 0 aliphatic heterocycles. The number of carbonyl (C=O) groups excluding carboxylic acids is 1. The summed E-state index contributed by atoms with van der Waals surface area (Å²) in [5, 5.41) is 5.02. The summed E-state index contributed by atoms with van der Waals surface area (Å²) in [6.07, 6.45) is 0. The number of aromatic nitrogens is 1. The number of hydrogen-bond acceptors (Lipinski definition) is 4. The Bertz CT molecular complexity index is 1010. The molecule has 6 heteroatoms. The van der Waals surface area contributed by atoms with Crippen molar-refractivity contribution in [1.29, 1.82) is 0 Å². The topological polar surface area (TPSA) is 42.0 Å². The Morgan fingerprint density at radius 2 is 1.92 bits per heavy atom. The van der Waals surface area contributed by atoms with Crippen LogP contribution in [0, 0.1) is 5.82 Å². The highest BCUT2D eigenvalue weighted by Crippen LogP contribution is 2.27. The number of benzene rings is 2. The molecular formula is C19H13FN2OS2. The molecule has 0 saturated heterocycles. The van der Waals surface area contributed by atoms with Crippen molar-refractivity contribution in [3.63, 3.8) is 0 Å². The fourth-order valence-corrected chi connectivity index (χ4v) is 4.16. The van der Waals surface area contributed by atoms with E-state index in [2.05, 4.69) is 10.3 Å². The Kier molecular flexibility index (Phi) is 4.29. The van der Waals surface area contributed by atoms with Crippen LogP contribution in [-0.4, -0.2) is 10.9 Å². The normalized spacial score (nSPS) is 12.2. The van der Waals surface area contributed by atoms with Gasteiger partial charge in [0.2, 0.25) is 0 Å². The molecule has 0 aliphatic rings. The van der Waals surface area contributed by atoms with Gasteiger partial charge in [-0.1, -0.05) is 18.2 Å². The largest absolute Gasteiger partial charge is 0.340 e. The minimum Gasteiger partial charge on any atom is -0.340 e. The predicted molar refractivity (Wildman–Crippen MR) is 99.6 cm³/mol. The maximum Gasteiger partial charge on any atom is 0.252 e. The quantitative estimate of drug-likeness (QED) is 0.550. The SMILES string of the molecule is O=C(NC(c1ccc(F)cc1)c1cccs1)c1ccc2ncsc2c1. The van der Waals surface area contributed by atoms with E-state index < -0.39 is 0 Å². The van der Waals surface area contributed by atoms with E-state index in [9.17, 15) is 9.18 Å². The second-order valence-electron chi connectivity index (χ2n) is 5.51. The van der Waals surface area contributed by atoms with Crippen molar-refractivity contribution in [1.82, 2.24) is 10.3 Å². The number of thiophene rings is 1. The van der Waals surface area contributed by atoms with Crippen LogP contribution in [-0.2, 0) is 0 Å². The first-order chi connectivity index (χ1) is 12.2. The molecule has 1 unspecified atom stereocenters. The highest BCUT2D eigenvalue weighted by atomic mass is 32.1. The number of rotatable bonds is 4. The number of amides is 1. The molecule has 2 aromatic carbocycles. The van der Waals surface area contributed by atoms with Crippen molar-refractivity contribution >= 4 is 38.8 Å². The minimum absolute atomic E-state index is 0.168. The molecular weight excluding hydrogens is 355 g/mol. The van der Waals surface area contributed by atoms with E-state index in [-0.39, 0.29) is 17.8 Å². The fourth-order valence-electron chi connectivity index (χ4n) is 2.64. The summed E-state index contributed by atoms with van der Waals surface area (Å²) in [5.74, 6) is -0.464. The van der Waals surface area contributed by atoms with E-state index in [1.165, 1.54) is 23.5 Å². The first-order valence-corrected chi connectivity index (χ1v) is 9.39. The third-order valence-electron chi connectivity index (χ3n) is 3.90. The van der Waals surface area contributed by atoms with Gasteiger partial charge in [-0.25, -0.2) is 9.37 Å². The smallest absolute Gasteiger partial charge is 0.252 e. The number of thiazole rings is 1. The van der Waals surface area contributed by atoms with Crippen molar-refractivity contribution in [2.45, 2.75) is 6.04 Å². The molecule has 4 aromatic rings. The van der Waals surface area contributed by atoms with Crippen LogP contribution in [0.4, 0.5) is 4.39 Å². The second kappa shape index (κ2) is 6.74. The first-order valence-electron chi connectivity index (χ1n) is 7.64. The summed E-state index contributed by atoms with van der Waals surface area (Å²) < 4.78 is 14.2. The van der Waals surface area contributed by atoms with Crippen molar-refractivity contribution < 1.29 is 9.18 Å². The minimum atomic E-state index is -0.315. The lowest BCUT2D eigenvalue weighted by atomic mass is 10.0. The number of hydrogen-bond donors (Lipinski definition) is 1. The Morgan fingerprint density at radius 3 is 2.68 bits per heavy atom. The van der Waals surface area contributed by atoms with Gasteiger partial charge >= 0.3 is 0 Å². The van der Waals surface area contributed by atoms with Crippen LogP contribution in [0.5, 0.6) is 0 Å². The molecule has 0 fully saturated rings. The van der Waals surface area contributed by atoms with Gasteiger partial charge in [0.05, 0.1) is 21.8 Å². The molecule has 0 radical (unpaired) electrons. The van der Waals surface area contributed by atoms with Crippen LogP contribution >= 0.6 is 22.7 Å². The van der Waals surface area contributed by atoms with E-state index in [0.717, 1.165) is 20.7 Å². The molecule has 2 heterocycles. The molecule has 0 spiro atoms. The van der Waals surface area contributed by atoms with Gasteiger partial charge in [0.25, 0.3) is 5.91 Å². The molecule has 25 heavy (non-hydrogen) atoms. The molecule has 0 aliphatic carbocycles. The van der Waals surface area contributed by atoms with Gasteiger partial charge in [-0.3, -0.25) is 4.79 Å². The maximum absolute atomic E-state index is 13.2. The number of carbonyl (C=O) groups is 1. The highest BCUT2D eigenvalue weighted by molar-refractivity contribution is 7.16. The van der Waals surface area contributed by atoms with Crippen molar-refractivity contribution in [3.05, 3.63) is 87.3 Å². The zero-order valence-corrected chi connectivity index (χ0v) is 14.6. The number of fused-ring (bicyclic) bond motifs is 1. The molecule has 0 saturated carbocycles. The molecule has 1 N–H and O–H groups in total. The Labute approximate surface area is 151 Å². The van der Waals surface area contributed by atoms with Crippen LogP contribution < -0.4 is 5.32 Å². The average Bonchev–Trinajstić information content (AvgIpc) is 3.31. The van der Waals surface area contributed by atoms with E-state index in [1.54, 1.807) is 35.0 Å². The van der Waals surface area contributed by atoms with Crippen LogP contribution in [0.15, 0.2) is 65.5 Å². The Morgan fingerprint density at radius 1 is 1.08 bits per heavy atom. The second-order valence-corrected chi connectivity index (χ2v) is 7.37. The molecule has 0 bridgehead atoms. The summed E-state index contributed by atoms with van der Waals surface area (Å²) in [5.41, 5.74) is 4.07. The van der Waals surface area contributed by atoms with Crippen LogP contribution in [0.3, 0.4) is 0 Å². The molecule has 4 rings (SSSR count). The Balaban J connectivity index is 1.65. The van der Waals surface area contributed by atoms with Gasteiger partial charge in [-0.05, 0) is 47.3 Å². The van der Waals surface area contributed by atoms with Crippen molar-refractivity contribution in [3.8, 4) is 0 Å². The van der Waals surface area contributed by atoms with Gasteiger partial charge < -0.3 is 5.32 Å². The molecule has 3 nitrogen and oxygen atoms in total. The summed E-state index contributed by atoms with van der Waals surface area (Å²) >= 11 is 3.06. The lowest BCUT2D eigenvalue weighted by Crippen LogP contribution is -2.28. The van der Waals surface area contributed by atoms with Crippen LogP contribution in [0.1, 0.15) is 26.8 Å². The summed E-state index contributed by atoms with van der Waals surface area (Å²) in [7, 11) is 0. The van der Waals surface area contributed by atoms with Gasteiger partial charge in [-0.15, -0.1) is 22.7 Å². The molecule has 1 amide bonds. The average molecular weight is 368 g/mol. The standard InChI is InChI=1S/C19H13FN2OS2/c20-14-6-3-12(4-7-14)18(16-2-1-9-24-16)22-19(23)13-5-8-15-17(10-13)25-11-21-15/h1-11,18H,(H,22,23). The van der Waals surface area contributed by atoms with E-state index in [4.69, 9.17) is 0 Å². The lowest BCUT2D eigenvalue weighted by molar-refractivity contribution is 0.0943.